The number of fused-ring (bicyclic) bond motifs is 1. The minimum Gasteiger partial charge on any atom is -0.445 e. The third-order valence-electron chi connectivity index (χ3n) is 1.98. The van der Waals surface area contributed by atoms with Crippen LogP contribution >= 0.6 is 34.8 Å². The van der Waals surface area contributed by atoms with E-state index in [2.05, 4.69) is 15.3 Å². The van der Waals surface area contributed by atoms with E-state index in [1.165, 1.54) is 0 Å². The van der Waals surface area contributed by atoms with Crippen LogP contribution in [-0.2, 0) is 4.74 Å². The minimum atomic E-state index is -1.63. The van der Waals surface area contributed by atoms with Gasteiger partial charge in [-0.2, -0.15) is 0 Å². The number of hydrogen-bond acceptors (Lipinski definition) is 3. The van der Waals surface area contributed by atoms with Crippen molar-refractivity contribution < 1.29 is 9.53 Å². The second kappa shape index (κ2) is 5.22. The molecule has 1 aromatic carbocycles. The Morgan fingerprint density at radius 1 is 1.39 bits per heavy atom. The Bertz CT molecular complexity index is 532. The number of alkyl halides is 3. The average molecular weight is 309 g/mol. The summed E-state index contributed by atoms with van der Waals surface area (Å²) in [7, 11) is 0. The van der Waals surface area contributed by atoms with Crippen LogP contribution in [0.4, 0.5) is 10.7 Å². The molecule has 0 aliphatic rings. The molecule has 2 rings (SSSR count). The molecule has 0 fully saturated rings. The number of carbonyl (C=O) groups excluding carboxylic acids is 1. The molecule has 1 aromatic heterocycles. The number of nitrogens with one attached hydrogen (secondary N) is 2. The molecule has 0 radical (unpaired) electrons. The summed E-state index contributed by atoms with van der Waals surface area (Å²) in [4.78, 5) is 18.4. The Morgan fingerprint density at radius 2 is 2.11 bits per heavy atom. The normalized spacial score (nSPS) is 11.5. The number of aromatic nitrogens is 2. The fourth-order valence-electron chi connectivity index (χ4n) is 1.29. The van der Waals surface area contributed by atoms with Gasteiger partial charge in [0.2, 0.25) is 9.74 Å². The first-order valence-corrected chi connectivity index (χ1v) is 6.03. The monoisotopic (exact) mass is 307 g/mol. The SMILES string of the molecule is O=C(Nc1nc2ccccc2[nH]1)OCC(Cl)(Cl)Cl. The number of para-hydroxylation sites is 2. The summed E-state index contributed by atoms with van der Waals surface area (Å²) in [6.45, 7) is -0.344. The van der Waals surface area contributed by atoms with E-state index in [9.17, 15) is 4.79 Å². The van der Waals surface area contributed by atoms with Gasteiger partial charge in [0.25, 0.3) is 0 Å². The van der Waals surface area contributed by atoms with Crippen molar-refractivity contribution >= 4 is 57.9 Å². The molecule has 0 saturated heterocycles. The van der Waals surface area contributed by atoms with Crippen molar-refractivity contribution in [1.82, 2.24) is 9.97 Å². The van der Waals surface area contributed by atoms with Gasteiger partial charge in [0, 0.05) is 0 Å². The molecular formula is C10H8Cl3N3O2. The van der Waals surface area contributed by atoms with Crippen LogP contribution in [0, 0.1) is 0 Å². The summed E-state index contributed by atoms with van der Waals surface area (Å²) in [5.41, 5.74) is 1.53. The molecule has 0 bridgehead atoms. The zero-order chi connectivity index (χ0) is 13.2. The number of benzene rings is 1. The van der Waals surface area contributed by atoms with Crippen LogP contribution in [0.15, 0.2) is 24.3 Å². The van der Waals surface area contributed by atoms with Crippen LogP contribution < -0.4 is 5.32 Å². The summed E-state index contributed by atoms with van der Waals surface area (Å²) in [5, 5.41) is 2.40. The highest BCUT2D eigenvalue weighted by atomic mass is 35.6. The summed E-state index contributed by atoms with van der Waals surface area (Å²) in [5.74, 6) is 0.269. The molecular weight excluding hydrogens is 300 g/mol. The Morgan fingerprint density at radius 3 is 2.78 bits per heavy atom. The molecule has 5 nitrogen and oxygen atoms in total. The lowest BCUT2D eigenvalue weighted by atomic mass is 10.3. The fraction of sp³-hybridized carbons (Fsp3) is 0.200. The molecule has 0 saturated carbocycles. The predicted molar refractivity (Wildman–Crippen MR) is 71.4 cm³/mol. The third-order valence-corrected chi connectivity index (χ3v) is 2.30. The molecule has 8 heteroatoms. The first-order valence-electron chi connectivity index (χ1n) is 4.89. The zero-order valence-corrected chi connectivity index (χ0v) is 11.2. The van der Waals surface area contributed by atoms with Gasteiger partial charge in [0.1, 0.15) is 6.61 Å². The lowest BCUT2D eigenvalue weighted by Gasteiger charge is -2.10. The number of rotatable bonds is 2. The summed E-state index contributed by atoms with van der Waals surface area (Å²) < 4.78 is 3.07. The second-order valence-electron chi connectivity index (χ2n) is 3.42. The van der Waals surface area contributed by atoms with Gasteiger partial charge in [-0.3, -0.25) is 5.32 Å². The minimum absolute atomic E-state index is 0.269. The number of halogens is 3. The van der Waals surface area contributed by atoms with E-state index in [-0.39, 0.29) is 12.6 Å². The zero-order valence-electron chi connectivity index (χ0n) is 8.91. The molecule has 18 heavy (non-hydrogen) atoms. The molecule has 0 aliphatic heterocycles. The maximum Gasteiger partial charge on any atom is 0.414 e. The van der Waals surface area contributed by atoms with Gasteiger partial charge in [-0.1, -0.05) is 46.9 Å². The predicted octanol–water partition coefficient (Wildman–Crippen LogP) is 3.48. The van der Waals surface area contributed by atoms with E-state index in [1.807, 2.05) is 24.3 Å². The van der Waals surface area contributed by atoms with Gasteiger partial charge in [-0.15, -0.1) is 0 Å². The van der Waals surface area contributed by atoms with Crippen LogP contribution in [0.2, 0.25) is 0 Å². The van der Waals surface area contributed by atoms with Gasteiger partial charge in [-0.25, -0.2) is 9.78 Å². The second-order valence-corrected chi connectivity index (χ2v) is 5.93. The number of aromatic amines is 1. The van der Waals surface area contributed by atoms with Crippen LogP contribution in [0.5, 0.6) is 0 Å². The Balaban J connectivity index is 1.99. The number of anilines is 1. The molecule has 96 valence electrons. The van der Waals surface area contributed by atoms with Crippen molar-refractivity contribution in [2.75, 3.05) is 11.9 Å². The van der Waals surface area contributed by atoms with Crippen molar-refractivity contribution in [3.63, 3.8) is 0 Å². The maximum absolute atomic E-state index is 11.4. The van der Waals surface area contributed by atoms with E-state index in [1.54, 1.807) is 0 Å². The molecule has 0 spiro atoms. The van der Waals surface area contributed by atoms with Gasteiger partial charge in [0.15, 0.2) is 0 Å². The first kappa shape index (κ1) is 13.3. The van der Waals surface area contributed by atoms with Crippen LogP contribution in [0.25, 0.3) is 11.0 Å². The Labute approximate surface area is 117 Å². The van der Waals surface area contributed by atoms with Crippen molar-refractivity contribution in [2.24, 2.45) is 0 Å². The fourth-order valence-corrected chi connectivity index (χ4v) is 1.46. The molecule has 2 aromatic rings. The van der Waals surface area contributed by atoms with E-state index in [0.29, 0.717) is 0 Å². The quantitative estimate of drug-likeness (QED) is 0.835. The van der Waals surface area contributed by atoms with Crippen molar-refractivity contribution in [3.05, 3.63) is 24.3 Å². The molecule has 2 N–H and O–H groups in total. The van der Waals surface area contributed by atoms with E-state index >= 15 is 0 Å². The molecule has 0 atom stereocenters. The Hall–Kier alpha value is -1.17. The summed E-state index contributed by atoms with van der Waals surface area (Å²) >= 11 is 16.3. The van der Waals surface area contributed by atoms with Crippen LogP contribution in [0.3, 0.4) is 0 Å². The lowest BCUT2D eigenvalue weighted by Crippen LogP contribution is -2.21. The number of amides is 1. The largest absolute Gasteiger partial charge is 0.445 e. The number of imidazole rings is 1. The smallest absolute Gasteiger partial charge is 0.414 e. The van der Waals surface area contributed by atoms with Gasteiger partial charge in [0.05, 0.1) is 11.0 Å². The first-order chi connectivity index (χ1) is 8.44. The number of carbonyl (C=O) groups is 1. The highest BCUT2D eigenvalue weighted by molar-refractivity contribution is 6.67. The van der Waals surface area contributed by atoms with Crippen LogP contribution in [0.1, 0.15) is 0 Å². The van der Waals surface area contributed by atoms with E-state index in [4.69, 9.17) is 39.5 Å². The highest BCUT2D eigenvalue weighted by Gasteiger charge is 2.22. The maximum atomic E-state index is 11.4. The van der Waals surface area contributed by atoms with E-state index in [0.717, 1.165) is 11.0 Å². The van der Waals surface area contributed by atoms with Gasteiger partial charge >= 0.3 is 6.09 Å². The number of H-pyrrole nitrogens is 1. The summed E-state index contributed by atoms with van der Waals surface area (Å²) in [6.07, 6.45) is -0.750. The standard InChI is InChI=1S/C10H8Cl3N3O2/c11-10(12,13)5-18-9(17)16-8-14-6-3-1-2-4-7(6)15-8/h1-4H,5H2,(H2,14,15,16,17). The molecule has 1 heterocycles. The third kappa shape index (κ3) is 3.66. The average Bonchev–Trinajstić information content (AvgIpc) is 2.67. The summed E-state index contributed by atoms with van der Waals surface area (Å²) in [6, 6.07) is 7.34. The van der Waals surface area contributed by atoms with Crippen molar-refractivity contribution in [3.8, 4) is 0 Å². The topological polar surface area (TPSA) is 67.0 Å². The van der Waals surface area contributed by atoms with Crippen LogP contribution in [-0.4, -0.2) is 26.5 Å². The van der Waals surface area contributed by atoms with Crippen molar-refractivity contribution in [2.45, 2.75) is 3.79 Å². The van der Waals surface area contributed by atoms with Gasteiger partial charge in [-0.05, 0) is 12.1 Å². The molecule has 0 unspecified atom stereocenters. The molecule has 1 amide bonds. The van der Waals surface area contributed by atoms with Gasteiger partial charge < -0.3 is 9.72 Å². The lowest BCUT2D eigenvalue weighted by molar-refractivity contribution is 0.163. The molecule has 0 aliphatic carbocycles. The highest BCUT2D eigenvalue weighted by Crippen LogP contribution is 2.26. The number of ether oxygens (including phenoxy) is 1. The Kier molecular flexibility index (Phi) is 3.85. The number of nitrogens with zero attached hydrogens (tertiary/aromatic N) is 1. The number of hydrogen-bond donors (Lipinski definition) is 2. The van der Waals surface area contributed by atoms with Crippen molar-refractivity contribution in [1.29, 1.82) is 0 Å². The van der Waals surface area contributed by atoms with E-state index < -0.39 is 9.89 Å².